The molecular weight excluding hydrogens is 462 g/mol. The normalized spacial score (nSPS) is 15.5. The SMILES string of the molecule is COc1ccc(C)cc1CCC(=O)Nc1sc2c(c1C#N)CCN(C(=O)CCC1(C)N=CC=N1)C2. The molecule has 2 aliphatic rings. The Labute approximate surface area is 209 Å². The molecule has 1 aromatic heterocycles. The molecule has 0 atom stereocenters. The first kappa shape index (κ1) is 24.6. The first-order valence-electron chi connectivity index (χ1n) is 11.7. The number of amides is 2. The van der Waals surface area contributed by atoms with Gasteiger partial charge in [0.05, 0.1) is 19.2 Å². The number of rotatable bonds is 8. The molecule has 0 unspecified atom stereocenters. The lowest BCUT2D eigenvalue weighted by Crippen LogP contribution is -2.36. The van der Waals surface area contributed by atoms with Gasteiger partial charge in [0.25, 0.3) is 0 Å². The Morgan fingerprint density at radius 3 is 2.77 bits per heavy atom. The van der Waals surface area contributed by atoms with Crippen LogP contribution in [0, 0.1) is 18.3 Å². The van der Waals surface area contributed by atoms with Crippen LogP contribution in [-0.2, 0) is 29.0 Å². The summed E-state index contributed by atoms with van der Waals surface area (Å²) < 4.78 is 5.41. The lowest BCUT2D eigenvalue weighted by atomic mass is 10.0. The van der Waals surface area contributed by atoms with E-state index in [2.05, 4.69) is 21.4 Å². The molecule has 2 aliphatic heterocycles. The number of nitrogens with zero attached hydrogens (tertiary/aromatic N) is 4. The molecule has 182 valence electrons. The zero-order valence-corrected chi connectivity index (χ0v) is 21.1. The monoisotopic (exact) mass is 491 g/mol. The molecule has 1 aromatic carbocycles. The lowest BCUT2D eigenvalue weighted by molar-refractivity contribution is -0.132. The number of ether oxygens (including phenoxy) is 1. The number of thiophene rings is 1. The zero-order valence-electron chi connectivity index (χ0n) is 20.3. The van der Waals surface area contributed by atoms with Gasteiger partial charge in [0, 0.05) is 43.1 Å². The van der Waals surface area contributed by atoms with Gasteiger partial charge in [-0.2, -0.15) is 5.26 Å². The summed E-state index contributed by atoms with van der Waals surface area (Å²) in [5.74, 6) is 0.666. The topological polar surface area (TPSA) is 107 Å². The number of methoxy groups -OCH3 is 1. The maximum absolute atomic E-state index is 12.8. The number of aliphatic imine (C=N–C) groups is 2. The smallest absolute Gasteiger partial charge is 0.225 e. The van der Waals surface area contributed by atoms with E-state index in [1.807, 2.05) is 36.9 Å². The lowest BCUT2D eigenvalue weighted by Gasteiger charge is -2.28. The molecule has 0 spiro atoms. The molecule has 9 heteroatoms. The van der Waals surface area contributed by atoms with Crippen LogP contribution in [-0.4, -0.2) is 48.5 Å². The molecule has 8 nitrogen and oxygen atoms in total. The van der Waals surface area contributed by atoms with Gasteiger partial charge < -0.3 is 15.0 Å². The van der Waals surface area contributed by atoms with Crippen LogP contribution >= 0.6 is 11.3 Å². The number of aryl methyl sites for hydroxylation is 2. The van der Waals surface area contributed by atoms with Crippen molar-refractivity contribution in [1.29, 1.82) is 5.26 Å². The highest BCUT2D eigenvalue weighted by atomic mass is 32.1. The predicted octanol–water partition coefficient (Wildman–Crippen LogP) is 4.04. The molecule has 0 saturated heterocycles. The van der Waals surface area contributed by atoms with Crippen molar-refractivity contribution in [3.63, 3.8) is 0 Å². The minimum atomic E-state index is -0.548. The van der Waals surface area contributed by atoms with Crippen LogP contribution in [0.4, 0.5) is 5.00 Å². The minimum Gasteiger partial charge on any atom is -0.496 e. The van der Waals surface area contributed by atoms with Crippen LogP contribution in [0.25, 0.3) is 0 Å². The Kier molecular flexibility index (Phi) is 7.31. The Morgan fingerprint density at radius 2 is 2.06 bits per heavy atom. The van der Waals surface area contributed by atoms with Gasteiger partial charge in [-0.1, -0.05) is 17.7 Å². The van der Waals surface area contributed by atoms with E-state index in [1.54, 1.807) is 19.5 Å². The van der Waals surface area contributed by atoms with E-state index in [9.17, 15) is 14.9 Å². The number of benzene rings is 1. The van der Waals surface area contributed by atoms with Gasteiger partial charge in [-0.05, 0) is 43.9 Å². The highest BCUT2D eigenvalue weighted by Gasteiger charge is 2.30. The second kappa shape index (κ2) is 10.4. The first-order valence-corrected chi connectivity index (χ1v) is 12.5. The standard InChI is InChI=1S/C26H29N5O3S/c1-17-4-6-21(34-3)18(14-17)5-7-23(32)30-25-20(15-27)19-9-13-31(16-22(19)35-25)24(33)8-10-26(2)28-11-12-29-26/h4,6,11-12,14H,5,7-10,13,16H2,1-3H3,(H,30,32). The fourth-order valence-corrected chi connectivity index (χ4v) is 5.64. The van der Waals surface area contributed by atoms with Crippen molar-refractivity contribution in [2.24, 2.45) is 9.98 Å². The van der Waals surface area contributed by atoms with E-state index in [0.717, 1.165) is 27.3 Å². The molecule has 0 aliphatic carbocycles. The fraction of sp³-hybridized carbons (Fsp3) is 0.423. The fourth-order valence-electron chi connectivity index (χ4n) is 4.41. The largest absolute Gasteiger partial charge is 0.496 e. The van der Waals surface area contributed by atoms with Gasteiger partial charge >= 0.3 is 0 Å². The van der Waals surface area contributed by atoms with E-state index < -0.39 is 5.66 Å². The van der Waals surface area contributed by atoms with Crippen molar-refractivity contribution in [1.82, 2.24) is 4.90 Å². The summed E-state index contributed by atoms with van der Waals surface area (Å²) >= 11 is 1.39. The van der Waals surface area contributed by atoms with Crippen molar-refractivity contribution in [3.8, 4) is 11.8 Å². The number of carbonyl (C=O) groups excluding carboxylic acids is 2. The molecule has 35 heavy (non-hydrogen) atoms. The van der Waals surface area contributed by atoms with E-state index in [4.69, 9.17) is 4.74 Å². The van der Waals surface area contributed by atoms with Crippen molar-refractivity contribution < 1.29 is 14.3 Å². The number of nitrogens with one attached hydrogen (secondary N) is 1. The van der Waals surface area contributed by atoms with E-state index in [-0.39, 0.29) is 18.2 Å². The van der Waals surface area contributed by atoms with E-state index in [0.29, 0.717) is 49.3 Å². The van der Waals surface area contributed by atoms with Crippen LogP contribution in [0.5, 0.6) is 5.75 Å². The van der Waals surface area contributed by atoms with Crippen molar-refractivity contribution >= 4 is 40.6 Å². The highest BCUT2D eigenvalue weighted by molar-refractivity contribution is 7.16. The van der Waals surface area contributed by atoms with Crippen LogP contribution in [0.15, 0.2) is 28.2 Å². The van der Waals surface area contributed by atoms with Crippen molar-refractivity contribution in [3.05, 3.63) is 45.3 Å². The second-order valence-electron chi connectivity index (χ2n) is 9.02. The van der Waals surface area contributed by atoms with Crippen LogP contribution in [0.1, 0.15) is 53.3 Å². The van der Waals surface area contributed by atoms with Crippen LogP contribution in [0.2, 0.25) is 0 Å². The quantitative estimate of drug-likeness (QED) is 0.601. The van der Waals surface area contributed by atoms with Crippen LogP contribution in [0.3, 0.4) is 0 Å². The molecule has 1 N–H and O–H groups in total. The molecule has 3 heterocycles. The zero-order chi connectivity index (χ0) is 25.0. The number of anilines is 1. The Morgan fingerprint density at radius 1 is 1.29 bits per heavy atom. The van der Waals surface area contributed by atoms with Gasteiger partial charge in [0.1, 0.15) is 22.5 Å². The summed E-state index contributed by atoms with van der Waals surface area (Å²) in [5, 5.41) is 13.3. The third-order valence-corrected chi connectivity index (χ3v) is 7.55. The van der Waals surface area contributed by atoms with Gasteiger partial charge in [-0.15, -0.1) is 11.3 Å². The number of fused-ring (bicyclic) bond motifs is 1. The summed E-state index contributed by atoms with van der Waals surface area (Å²) in [4.78, 5) is 37.0. The molecule has 0 saturated carbocycles. The highest BCUT2D eigenvalue weighted by Crippen LogP contribution is 2.37. The molecule has 0 radical (unpaired) electrons. The van der Waals surface area contributed by atoms with E-state index >= 15 is 0 Å². The molecular formula is C26H29N5O3S. The number of carbonyl (C=O) groups is 2. The van der Waals surface area contributed by atoms with Gasteiger partial charge in [0.15, 0.2) is 0 Å². The Bertz CT molecular complexity index is 1230. The first-order chi connectivity index (χ1) is 16.8. The Hall–Kier alpha value is -3.51. The minimum absolute atomic E-state index is 0.0544. The number of hydrogen-bond donors (Lipinski definition) is 1. The predicted molar refractivity (Wildman–Crippen MR) is 137 cm³/mol. The molecule has 4 rings (SSSR count). The molecule has 0 fully saturated rings. The van der Waals surface area contributed by atoms with Gasteiger partial charge in [0.2, 0.25) is 11.8 Å². The Balaban J connectivity index is 1.38. The summed E-state index contributed by atoms with van der Waals surface area (Å²) in [6.45, 7) is 4.93. The molecule has 0 bridgehead atoms. The number of hydrogen-bond acceptors (Lipinski definition) is 7. The molecule has 2 aromatic rings. The van der Waals surface area contributed by atoms with Gasteiger partial charge in [-0.3, -0.25) is 19.6 Å². The third-order valence-electron chi connectivity index (χ3n) is 6.42. The van der Waals surface area contributed by atoms with Gasteiger partial charge in [-0.25, -0.2) is 0 Å². The van der Waals surface area contributed by atoms with Crippen LogP contribution < -0.4 is 10.1 Å². The summed E-state index contributed by atoms with van der Waals surface area (Å²) in [6, 6.07) is 8.17. The second-order valence-corrected chi connectivity index (χ2v) is 10.1. The number of nitriles is 1. The summed E-state index contributed by atoms with van der Waals surface area (Å²) in [6.07, 6.45) is 5.68. The third kappa shape index (κ3) is 5.60. The summed E-state index contributed by atoms with van der Waals surface area (Å²) in [5.41, 5.74) is 2.99. The molecule has 2 amide bonds. The average molecular weight is 492 g/mol. The van der Waals surface area contributed by atoms with Crippen molar-refractivity contribution in [2.45, 2.75) is 58.2 Å². The van der Waals surface area contributed by atoms with Crippen molar-refractivity contribution in [2.75, 3.05) is 19.0 Å². The van der Waals surface area contributed by atoms with E-state index in [1.165, 1.54) is 11.3 Å². The maximum Gasteiger partial charge on any atom is 0.225 e. The summed E-state index contributed by atoms with van der Waals surface area (Å²) in [7, 11) is 1.62. The average Bonchev–Trinajstić information content (AvgIpc) is 3.43. The maximum atomic E-state index is 12.8.